The van der Waals surface area contributed by atoms with Crippen LogP contribution in [0.15, 0.2) is 29.6 Å². The van der Waals surface area contributed by atoms with Gasteiger partial charge in [-0.3, -0.25) is 10.1 Å². The first-order chi connectivity index (χ1) is 13.0. The van der Waals surface area contributed by atoms with E-state index in [-0.39, 0.29) is 18.2 Å². The molecular weight excluding hydrogens is 366 g/mol. The zero-order valence-electron chi connectivity index (χ0n) is 15.8. The number of ether oxygens (including phenoxy) is 2. The van der Waals surface area contributed by atoms with Crippen molar-refractivity contribution in [3.8, 4) is 5.75 Å². The van der Waals surface area contributed by atoms with Crippen LogP contribution in [0.1, 0.15) is 25.1 Å². The Morgan fingerprint density at radius 2 is 2.11 bits per heavy atom. The summed E-state index contributed by atoms with van der Waals surface area (Å²) in [4.78, 5) is 27.9. The van der Waals surface area contributed by atoms with Gasteiger partial charge in [-0.05, 0) is 30.0 Å². The van der Waals surface area contributed by atoms with Crippen LogP contribution in [0.3, 0.4) is 0 Å². The second-order valence-corrected chi connectivity index (χ2v) is 7.25. The molecule has 1 heterocycles. The van der Waals surface area contributed by atoms with Crippen molar-refractivity contribution in [2.75, 3.05) is 25.6 Å². The van der Waals surface area contributed by atoms with Gasteiger partial charge in [0.25, 0.3) is 0 Å². The smallest absolute Gasteiger partial charge is 0.413 e. The Balaban J connectivity index is 1.72. The lowest BCUT2D eigenvalue weighted by Gasteiger charge is -2.07. The number of nitrogens with one attached hydrogen (secondary N) is 2. The van der Waals surface area contributed by atoms with E-state index in [1.54, 1.807) is 12.5 Å². The largest absolute Gasteiger partial charge is 0.497 e. The lowest BCUT2D eigenvalue weighted by atomic mass is 10.1. The molecule has 0 aliphatic heterocycles. The fourth-order valence-corrected chi connectivity index (χ4v) is 2.91. The number of aromatic nitrogens is 1. The van der Waals surface area contributed by atoms with Gasteiger partial charge < -0.3 is 14.8 Å². The van der Waals surface area contributed by atoms with E-state index in [0.717, 1.165) is 11.3 Å². The molecule has 146 valence electrons. The van der Waals surface area contributed by atoms with E-state index in [0.29, 0.717) is 30.4 Å². The van der Waals surface area contributed by atoms with E-state index in [2.05, 4.69) is 15.6 Å². The zero-order chi connectivity index (χ0) is 19.6. The van der Waals surface area contributed by atoms with Gasteiger partial charge in [0.05, 0.1) is 25.8 Å². The molecule has 0 radical (unpaired) electrons. The second-order valence-electron chi connectivity index (χ2n) is 6.39. The number of hydrogen-bond donors (Lipinski definition) is 2. The van der Waals surface area contributed by atoms with Crippen LogP contribution in [0.5, 0.6) is 5.75 Å². The predicted molar refractivity (Wildman–Crippen MR) is 105 cm³/mol. The molecule has 0 aliphatic carbocycles. The minimum absolute atomic E-state index is 0.114. The van der Waals surface area contributed by atoms with Gasteiger partial charge in [-0.1, -0.05) is 26.0 Å². The highest BCUT2D eigenvalue weighted by molar-refractivity contribution is 7.13. The minimum Gasteiger partial charge on any atom is -0.497 e. The van der Waals surface area contributed by atoms with Crippen LogP contribution in [0.4, 0.5) is 9.93 Å². The van der Waals surface area contributed by atoms with Gasteiger partial charge in [-0.15, -0.1) is 11.3 Å². The summed E-state index contributed by atoms with van der Waals surface area (Å²) >= 11 is 1.26. The zero-order valence-corrected chi connectivity index (χ0v) is 16.6. The Kier molecular flexibility index (Phi) is 8.06. The summed E-state index contributed by atoms with van der Waals surface area (Å²) in [6.45, 7) is 4.80. The van der Waals surface area contributed by atoms with Gasteiger partial charge in [-0.25, -0.2) is 9.78 Å². The highest BCUT2D eigenvalue weighted by Crippen LogP contribution is 2.16. The maximum Gasteiger partial charge on any atom is 0.413 e. The van der Waals surface area contributed by atoms with Crippen molar-refractivity contribution in [2.24, 2.45) is 5.92 Å². The molecule has 27 heavy (non-hydrogen) atoms. The fraction of sp³-hybridized carbons (Fsp3) is 0.421. The molecule has 0 bridgehead atoms. The Bertz CT molecular complexity index is 761. The SMILES string of the molecule is COc1cccc(CCNC(=O)Cc2csc(NC(=O)OCC(C)C)n2)c1. The number of rotatable bonds is 9. The van der Waals surface area contributed by atoms with Crippen LogP contribution in [0.25, 0.3) is 0 Å². The molecule has 0 fully saturated rings. The third kappa shape index (κ3) is 7.65. The number of methoxy groups -OCH3 is 1. The van der Waals surface area contributed by atoms with Crippen molar-refractivity contribution < 1.29 is 19.1 Å². The maximum atomic E-state index is 12.1. The van der Waals surface area contributed by atoms with E-state index in [1.165, 1.54) is 11.3 Å². The fourth-order valence-electron chi connectivity index (χ4n) is 2.21. The van der Waals surface area contributed by atoms with Gasteiger partial charge in [0.2, 0.25) is 5.91 Å². The monoisotopic (exact) mass is 391 g/mol. The van der Waals surface area contributed by atoms with E-state index in [4.69, 9.17) is 9.47 Å². The van der Waals surface area contributed by atoms with Gasteiger partial charge in [0, 0.05) is 11.9 Å². The summed E-state index contributed by atoms with van der Waals surface area (Å²) in [7, 11) is 1.63. The van der Waals surface area contributed by atoms with Gasteiger partial charge in [-0.2, -0.15) is 0 Å². The molecule has 2 aromatic rings. The summed E-state index contributed by atoms with van der Waals surface area (Å²) in [6, 6.07) is 7.74. The molecule has 0 spiro atoms. The highest BCUT2D eigenvalue weighted by Gasteiger charge is 2.11. The van der Waals surface area contributed by atoms with E-state index >= 15 is 0 Å². The van der Waals surface area contributed by atoms with Crippen LogP contribution < -0.4 is 15.4 Å². The van der Waals surface area contributed by atoms with Gasteiger partial charge in [0.1, 0.15) is 5.75 Å². The van der Waals surface area contributed by atoms with Crippen LogP contribution in [-0.2, 0) is 22.4 Å². The Morgan fingerprint density at radius 1 is 1.30 bits per heavy atom. The molecule has 8 heteroatoms. The molecule has 1 aromatic heterocycles. The van der Waals surface area contributed by atoms with Crippen LogP contribution in [-0.4, -0.2) is 37.2 Å². The molecule has 2 amide bonds. The van der Waals surface area contributed by atoms with Crippen molar-refractivity contribution >= 4 is 28.5 Å². The molecule has 0 aliphatic rings. The summed E-state index contributed by atoms with van der Waals surface area (Å²) in [6.07, 6.45) is 0.346. The topological polar surface area (TPSA) is 89.6 Å². The molecule has 1 aromatic carbocycles. The van der Waals surface area contributed by atoms with Crippen LogP contribution in [0, 0.1) is 5.92 Å². The number of nitrogens with zero attached hydrogens (tertiary/aromatic N) is 1. The minimum atomic E-state index is -0.535. The third-order valence-electron chi connectivity index (χ3n) is 3.52. The first-order valence-corrected chi connectivity index (χ1v) is 9.62. The van der Waals surface area contributed by atoms with Crippen molar-refractivity contribution in [3.63, 3.8) is 0 Å². The number of anilines is 1. The standard InChI is InChI=1S/C19H25N3O4S/c1-13(2)11-26-19(24)22-18-21-15(12-27-18)10-17(23)20-8-7-14-5-4-6-16(9-14)25-3/h4-6,9,12-13H,7-8,10-11H2,1-3H3,(H,20,23)(H,21,22,24). The first kappa shape index (κ1) is 20.7. The number of carbonyl (C=O) groups excluding carboxylic acids is 2. The summed E-state index contributed by atoms with van der Waals surface area (Å²) < 4.78 is 10.2. The van der Waals surface area contributed by atoms with Crippen molar-refractivity contribution in [1.82, 2.24) is 10.3 Å². The van der Waals surface area contributed by atoms with E-state index < -0.39 is 6.09 Å². The number of amides is 2. The van der Waals surface area contributed by atoms with Crippen LogP contribution in [0.2, 0.25) is 0 Å². The Hall–Kier alpha value is -2.61. The quantitative estimate of drug-likeness (QED) is 0.685. The second kappa shape index (κ2) is 10.5. The summed E-state index contributed by atoms with van der Waals surface area (Å²) in [5.74, 6) is 0.952. The normalized spacial score (nSPS) is 10.5. The first-order valence-electron chi connectivity index (χ1n) is 8.74. The van der Waals surface area contributed by atoms with Crippen molar-refractivity contribution in [2.45, 2.75) is 26.7 Å². The lowest BCUT2D eigenvalue weighted by molar-refractivity contribution is -0.120. The molecule has 2 N–H and O–H groups in total. The summed E-state index contributed by atoms with van der Waals surface area (Å²) in [5.41, 5.74) is 1.70. The van der Waals surface area contributed by atoms with Crippen molar-refractivity contribution in [1.29, 1.82) is 0 Å². The lowest BCUT2D eigenvalue weighted by Crippen LogP contribution is -2.27. The van der Waals surface area contributed by atoms with Gasteiger partial charge in [0.15, 0.2) is 5.13 Å². The molecule has 2 rings (SSSR count). The molecule has 0 saturated heterocycles. The maximum absolute atomic E-state index is 12.1. The molecule has 0 atom stereocenters. The Morgan fingerprint density at radius 3 is 2.85 bits per heavy atom. The predicted octanol–water partition coefficient (Wildman–Crippen LogP) is 3.26. The number of benzene rings is 1. The third-order valence-corrected chi connectivity index (χ3v) is 4.33. The molecular formula is C19H25N3O4S. The number of hydrogen-bond acceptors (Lipinski definition) is 6. The molecule has 0 saturated carbocycles. The average molecular weight is 391 g/mol. The molecule has 0 unspecified atom stereocenters. The molecule has 7 nitrogen and oxygen atoms in total. The van der Waals surface area contributed by atoms with Crippen LogP contribution >= 0.6 is 11.3 Å². The van der Waals surface area contributed by atoms with Crippen molar-refractivity contribution in [3.05, 3.63) is 40.9 Å². The average Bonchev–Trinajstić information content (AvgIpc) is 3.06. The Labute approximate surface area is 163 Å². The van der Waals surface area contributed by atoms with E-state index in [9.17, 15) is 9.59 Å². The highest BCUT2D eigenvalue weighted by atomic mass is 32.1. The summed E-state index contributed by atoms with van der Waals surface area (Å²) in [5, 5.41) is 7.61. The number of thiazole rings is 1. The van der Waals surface area contributed by atoms with Gasteiger partial charge >= 0.3 is 6.09 Å². The van der Waals surface area contributed by atoms with E-state index in [1.807, 2.05) is 38.1 Å². The number of carbonyl (C=O) groups is 2.